The third-order valence-electron chi connectivity index (χ3n) is 3.10. The van der Waals surface area contributed by atoms with Crippen molar-refractivity contribution in [3.63, 3.8) is 0 Å². The summed E-state index contributed by atoms with van der Waals surface area (Å²) >= 11 is 0. The van der Waals surface area contributed by atoms with Crippen LogP contribution in [0.4, 0.5) is 0 Å². The number of aryl methyl sites for hydroxylation is 1. The SMILES string of the molecule is Cc1cn([C@H](C)C2(O)CC2)c(=O)[nH]c1=O. The molecule has 5 heteroatoms. The Morgan fingerprint density at radius 3 is 2.67 bits per heavy atom. The quantitative estimate of drug-likeness (QED) is 0.717. The first-order chi connectivity index (χ1) is 6.94. The second kappa shape index (κ2) is 3.06. The maximum absolute atomic E-state index is 11.5. The summed E-state index contributed by atoms with van der Waals surface area (Å²) in [4.78, 5) is 24.9. The first-order valence-electron chi connectivity index (χ1n) is 4.98. The topological polar surface area (TPSA) is 75.1 Å². The Balaban J connectivity index is 2.49. The zero-order valence-electron chi connectivity index (χ0n) is 8.78. The number of hydrogen-bond acceptors (Lipinski definition) is 3. The molecule has 0 saturated heterocycles. The lowest BCUT2D eigenvalue weighted by molar-refractivity contribution is 0.0930. The predicted octanol–water partition coefficient (Wildman–Crippen LogP) is -0.0691. The molecule has 1 aliphatic carbocycles. The summed E-state index contributed by atoms with van der Waals surface area (Å²) in [5.41, 5.74) is -1.12. The van der Waals surface area contributed by atoms with Crippen LogP contribution in [0.25, 0.3) is 0 Å². The van der Waals surface area contributed by atoms with Crippen molar-refractivity contribution >= 4 is 0 Å². The lowest BCUT2D eigenvalue weighted by Gasteiger charge is -2.20. The van der Waals surface area contributed by atoms with Gasteiger partial charge in [-0.2, -0.15) is 0 Å². The maximum atomic E-state index is 11.5. The fourth-order valence-corrected chi connectivity index (χ4v) is 1.68. The smallest absolute Gasteiger partial charge is 0.328 e. The number of nitrogens with one attached hydrogen (secondary N) is 1. The highest BCUT2D eigenvalue weighted by molar-refractivity contribution is 5.06. The van der Waals surface area contributed by atoms with Crippen LogP contribution in [0.15, 0.2) is 15.8 Å². The van der Waals surface area contributed by atoms with Crippen molar-refractivity contribution in [1.82, 2.24) is 9.55 Å². The molecule has 0 aliphatic heterocycles. The Morgan fingerprint density at radius 2 is 2.13 bits per heavy atom. The van der Waals surface area contributed by atoms with E-state index < -0.39 is 11.3 Å². The highest BCUT2D eigenvalue weighted by Gasteiger charge is 2.46. The van der Waals surface area contributed by atoms with E-state index in [4.69, 9.17) is 0 Å². The third-order valence-corrected chi connectivity index (χ3v) is 3.10. The van der Waals surface area contributed by atoms with E-state index in [0.29, 0.717) is 18.4 Å². The summed E-state index contributed by atoms with van der Waals surface area (Å²) in [6.45, 7) is 3.42. The Hall–Kier alpha value is -1.36. The molecule has 0 radical (unpaired) electrons. The van der Waals surface area contributed by atoms with Crippen LogP contribution in [0.1, 0.15) is 31.4 Å². The van der Waals surface area contributed by atoms with Gasteiger partial charge in [0.2, 0.25) is 0 Å². The van der Waals surface area contributed by atoms with Gasteiger partial charge in [-0.05, 0) is 26.7 Å². The van der Waals surface area contributed by atoms with E-state index >= 15 is 0 Å². The molecule has 0 unspecified atom stereocenters. The van der Waals surface area contributed by atoms with Gasteiger partial charge in [0.05, 0.1) is 11.6 Å². The van der Waals surface area contributed by atoms with Crippen molar-refractivity contribution in [1.29, 1.82) is 0 Å². The van der Waals surface area contributed by atoms with Crippen LogP contribution in [0, 0.1) is 6.92 Å². The van der Waals surface area contributed by atoms with Crippen LogP contribution in [0.2, 0.25) is 0 Å². The Labute approximate surface area is 86.4 Å². The highest BCUT2D eigenvalue weighted by atomic mass is 16.3. The molecule has 2 rings (SSSR count). The molecule has 1 atom stereocenters. The average molecular weight is 210 g/mol. The fraction of sp³-hybridized carbons (Fsp3) is 0.600. The second-order valence-corrected chi connectivity index (χ2v) is 4.26. The minimum absolute atomic E-state index is 0.291. The van der Waals surface area contributed by atoms with E-state index in [1.807, 2.05) is 0 Å². The lowest BCUT2D eigenvalue weighted by Crippen LogP contribution is -2.37. The summed E-state index contributed by atoms with van der Waals surface area (Å²) in [6, 6.07) is -0.291. The van der Waals surface area contributed by atoms with Crippen molar-refractivity contribution < 1.29 is 5.11 Å². The van der Waals surface area contributed by atoms with Crippen molar-refractivity contribution in [2.24, 2.45) is 0 Å². The lowest BCUT2D eigenvalue weighted by atomic mass is 10.1. The van der Waals surface area contributed by atoms with Gasteiger partial charge in [-0.15, -0.1) is 0 Å². The fourth-order valence-electron chi connectivity index (χ4n) is 1.68. The van der Waals surface area contributed by atoms with Gasteiger partial charge in [-0.25, -0.2) is 4.79 Å². The molecular formula is C10H14N2O3. The van der Waals surface area contributed by atoms with Crippen molar-refractivity contribution in [3.8, 4) is 0 Å². The molecule has 1 aromatic heterocycles. The molecule has 1 saturated carbocycles. The van der Waals surface area contributed by atoms with E-state index in [-0.39, 0.29) is 11.6 Å². The third kappa shape index (κ3) is 1.63. The van der Waals surface area contributed by atoms with Gasteiger partial charge < -0.3 is 5.11 Å². The predicted molar refractivity (Wildman–Crippen MR) is 55.0 cm³/mol. The van der Waals surface area contributed by atoms with E-state index in [2.05, 4.69) is 4.98 Å². The summed E-state index contributed by atoms with van der Waals surface area (Å²) in [7, 11) is 0. The summed E-state index contributed by atoms with van der Waals surface area (Å²) in [5.74, 6) is 0. The largest absolute Gasteiger partial charge is 0.388 e. The molecular weight excluding hydrogens is 196 g/mol. The van der Waals surface area contributed by atoms with Gasteiger partial charge in [-0.1, -0.05) is 0 Å². The van der Waals surface area contributed by atoms with Crippen LogP contribution in [-0.4, -0.2) is 20.3 Å². The van der Waals surface area contributed by atoms with Gasteiger partial charge in [0.1, 0.15) is 0 Å². The first-order valence-corrected chi connectivity index (χ1v) is 4.98. The van der Waals surface area contributed by atoms with Gasteiger partial charge in [0.15, 0.2) is 0 Å². The van der Waals surface area contributed by atoms with Crippen LogP contribution in [0.5, 0.6) is 0 Å². The average Bonchev–Trinajstić information content (AvgIpc) is 2.90. The molecule has 1 heterocycles. The Kier molecular flexibility index (Phi) is 2.08. The highest BCUT2D eigenvalue weighted by Crippen LogP contribution is 2.43. The second-order valence-electron chi connectivity index (χ2n) is 4.26. The number of nitrogens with zero attached hydrogens (tertiary/aromatic N) is 1. The van der Waals surface area contributed by atoms with Crippen LogP contribution >= 0.6 is 0 Å². The van der Waals surface area contributed by atoms with E-state index in [0.717, 1.165) is 0 Å². The van der Waals surface area contributed by atoms with Crippen molar-refractivity contribution in [2.45, 2.75) is 38.3 Å². The van der Waals surface area contributed by atoms with Gasteiger partial charge >= 0.3 is 5.69 Å². The normalized spacial score (nSPS) is 19.9. The molecule has 0 aromatic carbocycles. The number of H-pyrrole nitrogens is 1. The molecule has 2 N–H and O–H groups in total. The molecule has 1 aliphatic rings. The molecule has 1 aromatic rings. The van der Waals surface area contributed by atoms with Crippen LogP contribution in [-0.2, 0) is 0 Å². The number of rotatable bonds is 2. The van der Waals surface area contributed by atoms with Gasteiger partial charge in [-0.3, -0.25) is 14.3 Å². The minimum atomic E-state index is -0.769. The maximum Gasteiger partial charge on any atom is 0.328 e. The molecule has 5 nitrogen and oxygen atoms in total. The van der Waals surface area contributed by atoms with E-state index in [9.17, 15) is 14.7 Å². The summed E-state index contributed by atoms with van der Waals surface area (Å²) in [5, 5.41) is 9.88. The first kappa shape index (κ1) is 10.2. The standard InChI is InChI=1S/C10H14N2O3/c1-6-5-12(9(14)11-8(6)13)7(2)10(15)3-4-10/h5,7,15H,3-4H2,1-2H3,(H,11,13,14)/t7-/m1/s1. The van der Waals surface area contributed by atoms with Gasteiger partial charge in [0, 0.05) is 11.8 Å². The molecule has 0 amide bonds. The zero-order valence-corrected chi connectivity index (χ0v) is 8.78. The Morgan fingerprint density at radius 1 is 1.53 bits per heavy atom. The monoisotopic (exact) mass is 210 g/mol. The van der Waals surface area contributed by atoms with E-state index in [1.54, 1.807) is 13.8 Å². The van der Waals surface area contributed by atoms with Crippen LogP contribution < -0.4 is 11.2 Å². The summed E-state index contributed by atoms with van der Waals surface area (Å²) < 4.78 is 1.39. The summed E-state index contributed by atoms with van der Waals surface area (Å²) in [6.07, 6.45) is 2.92. The van der Waals surface area contributed by atoms with Crippen LogP contribution in [0.3, 0.4) is 0 Å². The number of hydrogen-bond donors (Lipinski definition) is 2. The number of aromatic amines is 1. The van der Waals surface area contributed by atoms with Crippen molar-refractivity contribution in [3.05, 3.63) is 32.6 Å². The van der Waals surface area contributed by atoms with Gasteiger partial charge in [0.25, 0.3) is 5.56 Å². The molecule has 0 bridgehead atoms. The zero-order chi connectivity index (χ0) is 11.2. The van der Waals surface area contributed by atoms with Crippen molar-refractivity contribution in [2.75, 3.05) is 0 Å². The Bertz CT molecular complexity index is 496. The molecule has 15 heavy (non-hydrogen) atoms. The number of aromatic nitrogens is 2. The molecule has 0 spiro atoms. The van der Waals surface area contributed by atoms with E-state index in [1.165, 1.54) is 10.8 Å². The molecule has 1 fully saturated rings. The number of aliphatic hydroxyl groups is 1. The minimum Gasteiger partial charge on any atom is -0.388 e. The molecule has 82 valence electrons.